The van der Waals surface area contributed by atoms with Crippen molar-refractivity contribution in [2.45, 2.75) is 12.8 Å². The molecule has 1 aliphatic heterocycles. The van der Waals surface area contributed by atoms with Gasteiger partial charge in [0.1, 0.15) is 0 Å². The van der Waals surface area contributed by atoms with Crippen LogP contribution >= 0.6 is 0 Å². The molecule has 5 rings (SSSR count). The summed E-state index contributed by atoms with van der Waals surface area (Å²) in [6.07, 6.45) is 1.77. The lowest BCUT2D eigenvalue weighted by Crippen LogP contribution is -2.35. The van der Waals surface area contributed by atoms with Crippen LogP contribution in [0.3, 0.4) is 0 Å². The van der Waals surface area contributed by atoms with Crippen LogP contribution in [0.25, 0.3) is 11.1 Å². The fourth-order valence-electron chi connectivity index (χ4n) is 4.27. The Morgan fingerprint density at radius 2 is 1.36 bits per heavy atom. The molecule has 0 saturated carbocycles. The first-order valence-electron chi connectivity index (χ1n) is 11.2. The van der Waals surface area contributed by atoms with Crippen LogP contribution in [0.2, 0.25) is 0 Å². The molecular formula is C29H24N2O2. The first-order valence-corrected chi connectivity index (χ1v) is 11.2. The van der Waals surface area contributed by atoms with Gasteiger partial charge in [0, 0.05) is 29.0 Å². The molecule has 0 bridgehead atoms. The number of hydrogen-bond donors (Lipinski definition) is 1. The van der Waals surface area contributed by atoms with Crippen LogP contribution in [0.4, 0.5) is 11.4 Å². The number of carbonyl (C=O) groups is 2. The highest BCUT2D eigenvalue weighted by molar-refractivity contribution is 6.07. The highest BCUT2D eigenvalue weighted by Crippen LogP contribution is 2.31. The van der Waals surface area contributed by atoms with Gasteiger partial charge < -0.3 is 10.2 Å². The van der Waals surface area contributed by atoms with E-state index in [1.807, 2.05) is 108 Å². The van der Waals surface area contributed by atoms with Gasteiger partial charge in [0.15, 0.2) is 0 Å². The van der Waals surface area contributed by atoms with E-state index in [0.717, 1.165) is 40.9 Å². The molecule has 0 spiro atoms. The number of rotatable bonds is 4. The number of nitrogens with one attached hydrogen (secondary N) is 1. The molecule has 33 heavy (non-hydrogen) atoms. The van der Waals surface area contributed by atoms with Crippen molar-refractivity contribution in [1.82, 2.24) is 0 Å². The number of aryl methyl sites for hydroxylation is 1. The van der Waals surface area contributed by atoms with Gasteiger partial charge in [-0.2, -0.15) is 0 Å². The number of fused-ring (bicyclic) bond motifs is 1. The molecular weight excluding hydrogens is 408 g/mol. The van der Waals surface area contributed by atoms with Crippen LogP contribution in [0, 0.1) is 0 Å². The normalized spacial score (nSPS) is 12.7. The Bertz CT molecular complexity index is 1280. The maximum atomic E-state index is 13.0. The molecule has 1 heterocycles. The second-order valence-corrected chi connectivity index (χ2v) is 8.17. The topological polar surface area (TPSA) is 49.4 Å². The van der Waals surface area contributed by atoms with Crippen molar-refractivity contribution in [3.63, 3.8) is 0 Å². The predicted octanol–water partition coefficient (Wildman–Crippen LogP) is 6.20. The summed E-state index contributed by atoms with van der Waals surface area (Å²) >= 11 is 0. The first kappa shape index (κ1) is 20.7. The summed E-state index contributed by atoms with van der Waals surface area (Å²) in [6.45, 7) is 0.695. The number of hydrogen-bond acceptors (Lipinski definition) is 2. The molecule has 4 aromatic rings. The average molecular weight is 433 g/mol. The minimum atomic E-state index is -0.150. The van der Waals surface area contributed by atoms with Crippen molar-refractivity contribution in [3.8, 4) is 11.1 Å². The molecule has 4 aromatic carbocycles. The molecule has 0 radical (unpaired) electrons. The Balaban J connectivity index is 1.32. The standard InChI is InChI=1S/C29H24N2O2/c32-28(23-15-13-22(14-16-23)21-8-3-1-4-9-21)30-26-17-18-27-25(20-26)12-7-19-31(27)29(33)24-10-5-2-6-11-24/h1-6,8-11,13-18,20H,7,12,19H2,(H,30,32). The minimum absolute atomic E-state index is 0.00633. The van der Waals surface area contributed by atoms with Crippen molar-refractivity contribution in [2.24, 2.45) is 0 Å². The highest BCUT2D eigenvalue weighted by atomic mass is 16.2. The molecule has 1 aliphatic rings. The zero-order valence-corrected chi connectivity index (χ0v) is 18.2. The van der Waals surface area contributed by atoms with Crippen LogP contribution in [-0.2, 0) is 6.42 Å². The Labute approximate surface area is 193 Å². The van der Waals surface area contributed by atoms with E-state index in [2.05, 4.69) is 5.32 Å². The van der Waals surface area contributed by atoms with E-state index in [1.165, 1.54) is 0 Å². The molecule has 0 unspecified atom stereocenters. The Kier molecular flexibility index (Phi) is 5.73. The Hall–Kier alpha value is -4.18. The van der Waals surface area contributed by atoms with Crippen molar-refractivity contribution in [1.29, 1.82) is 0 Å². The second-order valence-electron chi connectivity index (χ2n) is 8.17. The van der Waals surface area contributed by atoms with E-state index in [0.29, 0.717) is 17.7 Å². The third-order valence-corrected chi connectivity index (χ3v) is 5.98. The summed E-state index contributed by atoms with van der Waals surface area (Å²) in [6, 6.07) is 32.8. The largest absolute Gasteiger partial charge is 0.322 e. The molecule has 4 heteroatoms. The monoisotopic (exact) mass is 432 g/mol. The number of nitrogens with zero attached hydrogens (tertiary/aromatic N) is 1. The zero-order chi connectivity index (χ0) is 22.6. The highest BCUT2D eigenvalue weighted by Gasteiger charge is 2.24. The zero-order valence-electron chi connectivity index (χ0n) is 18.2. The second kappa shape index (κ2) is 9.13. The maximum absolute atomic E-state index is 13.0. The fourth-order valence-corrected chi connectivity index (χ4v) is 4.27. The summed E-state index contributed by atoms with van der Waals surface area (Å²) in [7, 11) is 0. The molecule has 0 aliphatic carbocycles. The number of amides is 2. The van der Waals surface area contributed by atoms with Gasteiger partial charge in [-0.1, -0.05) is 60.7 Å². The average Bonchev–Trinajstić information content (AvgIpc) is 2.89. The van der Waals surface area contributed by atoms with Crippen LogP contribution < -0.4 is 10.2 Å². The Morgan fingerprint density at radius 1 is 0.697 bits per heavy atom. The van der Waals surface area contributed by atoms with E-state index in [-0.39, 0.29) is 11.8 Å². The van der Waals surface area contributed by atoms with Gasteiger partial charge in [0.2, 0.25) is 0 Å². The van der Waals surface area contributed by atoms with Crippen molar-refractivity contribution >= 4 is 23.2 Å². The summed E-state index contributed by atoms with van der Waals surface area (Å²) in [5.74, 6) is -0.144. The summed E-state index contributed by atoms with van der Waals surface area (Å²) in [5.41, 5.74) is 6.20. The summed E-state index contributed by atoms with van der Waals surface area (Å²) < 4.78 is 0. The predicted molar refractivity (Wildman–Crippen MR) is 133 cm³/mol. The SMILES string of the molecule is O=C(Nc1ccc2c(c1)CCCN2C(=O)c1ccccc1)c1ccc(-c2ccccc2)cc1. The van der Waals surface area contributed by atoms with E-state index < -0.39 is 0 Å². The third kappa shape index (κ3) is 4.41. The van der Waals surface area contributed by atoms with E-state index >= 15 is 0 Å². The summed E-state index contributed by atoms with van der Waals surface area (Å²) in [5, 5.41) is 3.00. The van der Waals surface area contributed by atoms with E-state index in [4.69, 9.17) is 0 Å². The van der Waals surface area contributed by atoms with Gasteiger partial charge in [-0.05, 0) is 72.0 Å². The molecule has 0 atom stereocenters. The first-order chi connectivity index (χ1) is 16.2. The molecule has 0 saturated heterocycles. The number of carbonyl (C=O) groups excluding carboxylic acids is 2. The van der Waals surface area contributed by atoms with Crippen molar-refractivity contribution in [2.75, 3.05) is 16.8 Å². The van der Waals surface area contributed by atoms with Crippen molar-refractivity contribution < 1.29 is 9.59 Å². The molecule has 4 nitrogen and oxygen atoms in total. The lowest BCUT2D eigenvalue weighted by molar-refractivity contribution is 0.0983. The van der Waals surface area contributed by atoms with Crippen LogP contribution in [0.15, 0.2) is 103 Å². The smallest absolute Gasteiger partial charge is 0.258 e. The molecule has 1 N–H and O–H groups in total. The molecule has 0 aromatic heterocycles. The maximum Gasteiger partial charge on any atom is 0.258 e. The van der Waals surface area contributed by atoms with Gasteiger partial charge in [0.05, 0.1) is 0 Å². The lowest BCUT2D eigenvalue weighted by atomic mass is 9.99. The van der Waals surface area contributed by atoms with E-state index in [1.54, 1.807) is 0 Å². The molecule has 0 fully saturated rings. The minimum Gasteiger partial charge on any atom is -0.322 e. The van der Waals surface area contributed by atoms with Crippen LogP contribution in [-0.4, -0.2) is 18.4 Å². The Morgan fingerprint density at radius 3 is 2.09 bits per heavy atom. The van der Waals surface area contributed by atoms with Gasteiger partial charge in [0.25, 0.3) is 11.8 Å². The van der Waals surface area contributed by atoms with Gasteiger partial charge in [-0.3, -0.25) is 9.59 Å². The lowest BCUT2D eigenvalue weighted by Gasteiger charge is -2.30. The van der Waals surface area contributed by atoms with E-state index in [9.17, 15) is 9.59 Å². The quantitative estimate of drug-likeness (QED) is 0.417. The number of anilines is 2. The van der Waals surface area contributed by atoms with Gasteiger partial charge in [-0.15, -0.1) is 0 Å². The van der Waals surface area contributed by atoms with Crippen molar-refractivity contribution in [3.05, 3.63) is 120 Å². The van der Waals surface area contributed by atoms with Crippen LogP contribution in [0.1, 0.15) is 32.7 Å². The third-order valence-electron chi connectivity index (χ3n) is 5.98. The number of benzene rings is 4. The van der Waals surface area contributed by atoms with Crippen LogP contribution in [0.5, 0.6) is 0 Å². The summed E-state index contributed by atoms with van der Waals surface area (Å²) in [4.78, 5) is 27.6. The molecule has 2 amide bonds. The fraction of sp³-hybridized carbons (Fsp3) is 0.103. The van der Waals surface area contributed by atoms with Gasteiger partial charge in [-0.25, -0.2) is 0 Å². The van der Waals surface area contributed by atoms with Gasteiger partial charge >= 0.3 is 0 Å². The molecule has 162 valence electrons.